The fraction of sp³-hybridized carbons (Fsp3) is 0.632. The van der Waals surface area contributed by atoms with Crippen LogP contribution in [0.1, 0.15) is 43.6 Å². The van der Waals surface area contributed by atoms with Crippen molar-refractivity contribution in [2.75, 3.05) is 32.8 Å². The van der Waals surface area contributed by atoms with Crippen LogP contribution in [-0.4, -0.2) is 54.5 Å². The van der Waals surface area contributed by atoms with Gasteiger partial charge in [-0.3, -0.25) is 0 Å². The molecule has 2 aliphatic rings. The molecule has 6 heteroatoms. The van der Waals surface area contributed by atoms with Crippen molar-refractivity contribution in [2.45, 2.75) is 43.6 Å². The van der Waals surface area contributed by atoms with Gasteiger partial charge >= 0.3 is 6.09 Å². The highest BCUT2D eigenvalue weighted by molar-refractivity contribution is 9.10. The minimum Gasteiger partial charge on any atom is -0.449 e. The fourth-order valence-electron chi connectivity index (χ4n) is 3.90. The minimum atomic E-state index is -0.814. The summed E-state index contributed by atoms with van der Waals surface area (Å²) < 4.78 is 6.61. The zero-order chi connectivity index (χ0) is 17.7. The predicted molar refractivity (Wildman–Crippen MR) is 101 cm³/mol. The van der Waals surface area contributed by atoms with Gasteiger partial charge in [-0.2, -0.15) is 0 Å². The van der Waals surface area contributed by atoms with E-state index in [0.29, 0.717) is 13.1 Å². The smallest absolute Gasteiger partial charge is 0.409 e. The SMILES string of the molecule is O=C(OCC(c1ccccc1Br)C1(O)CCCCC1)N1CCNCC1. The lowest BCUT2D eigenvalue weighted by atomic mass is 9.73. The summed E-state index contributed by atoms with van der Waals surface area (Å²) in [6, 6.07) is 7.92. The molecule has 1 amide bonds. The Morgan fingerprint density at radius 1 is 1.24 bits per heavy atom. The zero-order valence-corrected chi connectivity index (χ0v) is 16.1. The predicted octanol–water partition coefficient (Wildman–Crippen LogP) is 3.27. The summed E-state index contributed by atoms with van der Waals surface area (Å²) in [6.45, 7) is 3.15. The van der Waals surface area contributed by atoms with Crippen molar-refractivity contribution >= 4 is 22.0 Å². The number of ether oxygens (including phenoxy) is 1. The number of piperazine rings is 1. The van der Waals surface area contributed by atoms with Gasteiger partial charge < -0.3 is 20.1 Å². The third kappa shape index (κ3) is 4.54. The molecule has 1 aromatic rings. The number of rotatable bonds is 4. The molecule has 1 aliphatic heterocycles. The Labute approximate surface area is 157 Å². The van der Waals surface area contributed by atoms with Crippen LogP contribution in [0.25, 0.3) is 0 Å². The van der Waals surface area contributed by atoms with Crippen LogP contribution in [0.2, 0.25) is 0 Å². The second-order valence-corrected chi connectivity index (χ2v) is 7.91. The van der Waals surface area contributed by atoms with E-state index in [1.165, 1.54) is 0 Å². The summed E-state index contributed by atoms with van der Waals surface area (Å²) in [5.74, 6) is -0.213. The number of halogens is 1. The molecule has 138 valence electrons. The Balaban J connectivity index is 1.74. The molecule has 1 heterocycles. The topological polar surface area (TPSA) is 61.8 Å². The van der Waals surface area contributed by atoms with Crippen LogP contribution >= 0.6 is 15.9 Å². The third-order valence-electron chi connectivity index (χ3n) is 5.40. The van der Waals surface area contributed by atoms with E-state index in [4.69, 9.17) is 4.74 Å². The van der Waals surface area contributed by atoms with Crippen molar-refractivity contribution in [1.82, 2.24) is 10.2 Å². The quantitative estimate of drug-likeness (QED) is 0.799. The van der Waals surface area contributed by atoms with Gasteiger partial charge in [-0.25, -0.2) is 4.79 Å². The summed E-state index contributed by atoms with van der Waals surface area (Å²) >= 11 is 3.60. The highest BCUT2D eigenvalue weighted by Crippen LogP contribution is 2.42. The van der Waals surface area contributed by atoms with E-state index in [1.807, 2.05) is 24.3 Å². The van der Waals surface area contributed by atoms with E-state index < -0.39 is 5.60 Å². The number of carbonyl (C=O) groups is 1. The second-order valence-electron chi connectivity index (χ2n) is 7.05. The number of nitrogens with one attached hydrogen (secondary N) is 1. The van der Waals surface area contributed by atoms with Crippen LogP contribution in [0.4, 0.5) is 4.79 Å². The largest absolute Gasteiger partial charge is 0.449 e. The summed E-state index contributed by atoms with van der Waals surface area (Å²) in [5.41, 5.74) is 0.200. The number of aliphatic hydroxyl groups is 1. The maximum absolute atomic E-state index is 12.4. The standard InChI is InChI=1S/C19H27BrN2O3/c20-17-7-3-2-6-15(17)16(19(24)8-4-1-5-9-19)14-25-18(23)22-12-10-21-11-13-22/h2-3,6-7,16,21,24H,1,4-5,8-14H2. The summed E-state index contributed by atoms with van der Waals surface area (Å²) in [5, 5.41) is 14.5. The number of hydrogen-bond donors (Lipinski definition) is 2. The monoisotopic (exact) mass is 410 g/mol. The molecule has 2 fully saturated rings. The van der Waals surface area contributed by atoms with Gasteiger partial charge in [0.25, 0.3) is 0 Å². The van der Waals surface area contributed by atoms with Gasteiger partial charge in [0, 0.05) is 36.6 Å². The molecule has 3 rings (SSSR count). The normalized spacial score (nSPS) is 21.6. The molecule has 1 unspecified atom stereocenters. The first-order chi connectivity index (χ1) is 12.1. The number of benzene rings is 1. The van der Waals surface area contributed by atoms with Crippen LogP contribution in [0.5, 0.6) is 0 Å². The molecule has 2 N–H and O–H groups in total. The van der Waals surface area contributed by atoms with Crippen LogP contribution < -0.4 is 5.32 Å². The van der Waals surface area contributed by atoms with Crippen LogP contribution in [-0.2, 0) is 4.74 Å². The minimum absolute atomic E-state index is 0.210. The Morgan fingerprint density at radius 3 is 2.60 bits per heavy atom. The molecular formula is C19H27BrN2O3. The van der Waals surface area contributed by atoms with Gasteiger partial charge in [0.2, 0.25) is 0 Å². The number of hydrogen-bond acceptors (Lipinski definition) is 4. The molecule has 0 aromatic heterocycles. The lowest BCUT2D eigenvalue weighted by Crippen LogP contribution is -2.47. The zero-order valence-electron chi connectivity index (χ0n) is 14.5. The first kappa shape index (κ1) is 18.7. The van der Waals surface area contributed by atoms with Crippen molar-refractivity contribution in [1.29, 1.82) is 0 Å². The van der Waals surface area contributed by atoms with E-state index in [9.17, 15) is 9.90 Å². The van der Waals surface area contributed by atoms with Gasteiger partial charge in [-0.15, -0.1) is 0 Å². The average Bonchev–Trinajstić information content (AvgIpc) is 2.64. The molecule has 1 aliphatic carbocycles. The molecule has 0 radical (unpaired) electrons. The molecule has 1 saturated heterocycles. The lowest BCUT2D eigenvalue weighted by molar-refractivity contribution is -0.0411. The molecule has 25 heavy (non-hydrogen) atoms. The van der Waals surface area contributed by atoms with E-state index in [-0.39, 0.29) is 18.6 Å². The Morgan fingerprint density at radius 2 is 1.92 bits per heavy atom. The summed E-state index contributed by atoms with van der Waals surface area (Å²) in [6.07, 6.45) is 4.42. The molecule has 1 atom stereocenters. The van der Waals surface area contributed by atoms with Gasteiger partial charge in [0.1, 0.15) is 6.61 Å². The Kier molecular flexibility index (Phi) is 6.36. The number of amides is 1. The lowest BCUT2D eigenvalue weighted by Gasteiger charge is -2.40. The molecule has 1 saturated carbocycles. The summed E-state index contributed by atoms with van der Waals surface area (Å²) in [4.78, 5) is 14.1. The van der Waals surface area contributed by atoms with E-state index >= 15 is 0 Å². The first-order valence-electron chi connectivity index (χ1n) is 9.19. The maximum Gasteiger partial charge on any atom is 0.409 e. The maximum atomic E-state index is 12.4. The number of nitrogens with zero attached hydrogens (tertiary/aromatic N) is 1. The highest BCUT2D eigenvalue weighted by atomic mass is 79.9. The van der Waals surface area contributed by atoms with Gasteiger partial charge in [0.05, 0.1) is 5.60 Å². The average molecular weight is 411 g/mol. The Hall–Kier alpha value is -1.11. The molecule has 0 bridgehead atoms. The first-order valence-corrected chi connectivity index (χ1v) is 9.99. The van der Waals surface area contributed by atoms with Crippen molar-refractivity contribution in [2.24, 2.45) is 0 Å². The highest BCUT2D eigenvalue weighted by Gasteiger charge is 2.40. The summed E-state index contributed by atoms with van der Waals surface area (Å²) in [7, 11) is 0. The van der Waals surface area contributed by atoms with Gasteiger partial charge in [-0.05, 0) is 24.5 Å². The van der Waals surface area contributed by atoms with Crippen molar-refractivity contribution < 1.29 is 14.6 Å². The second kappa shape index (κ2) is 8.52. The van der Waals surface area contributed by atoms with Crippen molar-refractivity contribution in [3.8, 4) is 0 Å². The molecular weight excluding hydrogens is 384 g/mol. The number of carbonyl (C=O) groups excluding carboxylic acids is 1. The van der Waals surface area contributed by atoms with Crippen molar-refractivity contribution in [3.63, 3.8) is 0 Å². The van der Waals surface area contributed by atoms with Gasteiger partial charge in [-0.1, -0.05) is 53.4 Å². The van der Waals surface area contributed by atoms with Crippen LogP contribution in [0.15, 0.2) is 28.7 Å². The Bertz CT molecular complexity index is 584. The van der Waals surface area contributed by atoms with Gasteiger partial charge in [0.15, 0.2) is 0 Å². The van der Waals surface area contributed by atoms with Crippen molar-refractivity contribution in [3.05, 3.63) is 34.3 Å². The van der Waals surface area contributed by atoms with Crippen LogP contribution in [0, 0.1) is 0 Å². The van der Waals surface area contributed by atoms with E-state index in [0.717, 1.165) is 55.2 Å². The molecule has 1 aromatic carbocycles. The van der Waals surface area contributed by atoms with E-state index in [1.54, 1.807) is 4.90 Å². The fourth-order valence-corrected chi connectivity index (χ4v) is 4.46. The van der Waals surface area contributed by atoms with E-state index in [2.05, 4.69) is 21.2 Å². The molecule has 5 nitrogen and oxygen atoms in total. The molecule has 0 spiro atoms. The van der Waals surface area contributed by atoms with Crippen LogP contribution in [0.3, 0.4) is 0 Å². The third-order valence-corrected chi connectivity index (χ3v) is 6.12.